The Morgan fingerprint density at radius 2 is 1.70 bits per heavy atom. The molecule has 5 rings (SSSR count). The van der Waals surface area contributed by atoms with Gasteiger partial charge in [0.15, 0.2) is 27.8 Å². The van der Waals surface area contributed by atoms with E-state index in [9.17, 15) is 14.0 Å². The lowest BCUT2D eigenvalue weighted by Crippen LogP contribution is -2.40. The molecule has 12 heteroatoms. The molecule has 1 atom stereocenters. The summed E-state index contributed by atoms with van der Waals surface area (Å²) in [4.78, 5) is 32.5. The van der Waals surface area contributed by atoms with Gasteiger partial charge in [-0.05, 0) is 79.9 Å². The Morgan fingerprint density at radius 3 is 2.37 bits per heavy atom. The molecule has 9 nitrogen and oxygen atoms in total. The molecular formula is C34H32BrFN2O7S. The molecule has 0 aliphatic carbocycles. The number of hydrogen-bond donors (Lipinski definition) is 0. The Kier molecular flexibility index (Phi) is 10.3. The van der Waals surface area contributed by atoms with Gasteiger partial charge in [0.25, 0.3) is 5.56 Å². The Hall–Kier alpha value is -4.42. The summed E-state index contributed by atoms with van der Waals surface area (Å²) in [6, 6.07) is 14.1. The molecule has 1 aliphatic heterocycles. The standard InChI is InChI=1S/C34H32BrFN2O7S/c1-6-43-28-14-21(10-13-25(28)45-18-20-8-11-22(36)12-9-20)15-29-32(39)38-31(23-16-26(41-4)27(42-5)17-24(23)35)30(33(40)44-7-2)19(3)37-34(38)46-29/h8-17,31H,6-7,18H2,1-5H3/b29-15-/t31-/m1/s1. The first kappa shape index (κ1) is 33.0. The van der Waals surface area contributed by atoms with Crippen LogP contribution in [-0.4, -0.2) is 38.0 Å². The van der Waals surface area contributed by atoms with Crippen LogP contribution in [0.5, 0.6) is 23.0 Å². The van der Waals surface area contributed by atoms with E-state index in [1.165, 1.54) is 42.3 Å². The highest BCUT2D eigenvalue weighted by Crippen LogP contribution is 2.41. The first-order valence-corrected chi connectivity index (χ1v) is 16.0. The Morgan fingerprint density at radius 1 is 0.978 bits per heavy atom. The molecule has 0 spiro atoms. The zero-order valence-electron chi connectivity index (χ0n) is 25.9. The Bertz CT molecular complexity index is 1990. The molecule has 0 saturated carbocycles. The molecule has 46 heavy (non-hydrogen) atoms. The van der Waals surface area contributed by atoms with E-state index in [-0.39, 0.29) is 30.2 Å². The summed E-state index contributed by atoms with van der Waals surface area (Å²) >= 11 is 4.83. The van der Waals surface area contributed by atoms with Gasteiger partial charge in [0, 0.05) is 4.47 Å². The normalized spacial score (nSPS) is 14.4. The van der Waals surface area contributed by atoms with E-state index in [0.29, 0.717) is 60.2 Å². The summed E-state index contributed by atoms with van der Waals surface area (Å²) in [6.45, 7) is 6.10. The quantitative estimate of drug-likeness (QED) is 0.185. The van der Waals surface area contributed by atoms with E-state index in [1.54, 1.807) is 56.3 Å². The smallest absolute Gasteiger partial charge is 0.338 e. The van der Waals surface area contributed by atoms with Gasteiger partial charge in [-0.25, -0.2) is 14.2 Å². The molecule has 0 saturated heterocycles. The van der Waals surface area contributed by atoms with Gasteiger partial charge in [-0.3, -0.25) is 9.36 Å². The van der Waals surface area contributed by atoms with Gasteiger partial charge in [0.05, 0.1) is 49.3 Å². The van der Waals surface area contributed by atoms with Crippen LogP contribution < -0.4 is 33.8 Å². The fourth-order valence-electron chi connectivity index (χ4n) is 5.06. The number of esters is 1. The average molecular weight is 712 g/mol. The zero-order chi connectivity index (χ0) is 33.0. The summed E-state index contributed by atoms with van der Waals surface area (Å²) in [7, 11) is 3.05. The number of allylic oxidation sites excluding steroid dienone is 1. The minimum atomic E-state index is -0.854. The molecule has 0 radical (unpaired) electrons. The maximum Gasteiger partial charge on any atom is 0.338 e. The number of carbonyl (C=O) groups excluding carboxylic acids is 1. The third-order valence-corrected chi connectivity index (χ3v) is 8.86. The summed E-state index contributed by atoms with van der Waals surface area (Å²) in [5.74, 6) is 1.05. The highest BCUT2D eigenvalue weighted by molar-refractivity contribution is 9.10. The van der Waals surface area contributed by atoms with Crippen molar-refractivity contribution >= 4 is 39.3 Å². The summed E-state index contributed by atoms with van der Waals surface area (Å²) in [5.41, 5.74) is 2.47. The van der Waals surface area contributed by atoms with E-state index in [0.717, 1.165) is 5.56 Å². The number of methoxy groups -OCH3 is 2. The first-order valence-electron chi connectivity index (χ1n) is 14.4. The molecule has 4 aromatic rings. The fraction of sp³-hybridized carbons (Fsp3) is 0.265. The molecule has 0 amide bonds. The largest absolute Gasteiger partial charge is 0.493 e. The second-order valence-electron chi connectivity index (χ2n) is 10.1. The van der Waals surface area contributed by atoms with E-state index in [4.69, 9.17) is 23.7 Å². The van der Waals surface area contributed by atoms with Gasteiger partial charge in [0.2, 0.25) is 0 Å². The van der Waals surface area contributed by atoms with Crippen molar-refractivity contribution in [1.82, 2.24) is 4.57 Å². The van der Waals surface area contributed by atoms with E-state index in [1.807, 2.05) is 13.0 Å². The minimum Gasteiger partial charge on any atom is -0.493 e. The molecule has 2 heterocycles. The number of nitrogens with zero attached hydrogens (tertiary/aromatic N) is 2. The number of ether oxygens (including phenoxy) is 5. The van der Waals surface area contributed by atoms with Crippen molar-refractivity contribution in [2.24, 2.45) is 4.99 Å². The van der Waals surface area contributed by atoms with Crippen LogP contribution in [0.3, 0.4) is 0 Å². The second kappa shape index (κ2) is 14.3. The molecule has 0 unspecified atom stereocenters. The predicted octanol–water partition coefficient (Wildman–Crippen LogP) is 5.69. The van der Waals surface area contributed by atoms with Crippen molar-refractivity contribution in [1.29, 1.82) is 0 Å². The van der Waals surface area contributed by atoms with Crippen LogP contribution in [0.1, 0.15) is 43.5 Å². The highest BCUT2D eigenvalue weighted by Gasteiger charge is 2.35. The Balaban J connectivity index is 1.60. The summed E-state index contributed by atoms with van der Waals surface area (Å²) < 4.78 is 44.1. The van der Waals surface area contributed by atoms with Crippen LogP contribution in [0.4, 0.5) is 4.39 Å². The lowest BCUT2D eigenvalue weighted by atomic mass is 9.95. The van der Waals surface area contributed by atoms with Crippen LogP contribution in [0.2, 0.25) is 0 Å². The number of benzene rings is 3. The van der Waals surface area contributed by atoms with Crippen molar-refractivity contribution in [2.45, 2.75) is 33.4 Å². The number of thiazole rings is 1. The number of aromatic nitrogens is 1. The molecule has 240 valence electrons. The SMILES string of the molecule is CCOC(=O)C1=C(C)N=c2s/c(=C\c3ccc(OCc4ccc(F)cc4)c(OCC)c3)c(=O)n2[C@@H]1c1cc(OC)c(OC)cc1Br. The molecule has 1 aliphatic rings. The monoisotopic (exact) mass is 710 g/mol. The van der Waals surface area contributed by atoms with Gasteiger partial charge in [-0.15, -0.1) is 0 Å². The van der Waals surface area contributed by atoms with Gasteiger partial charge in [-0.1, -0.05) is 45.5 Å². The van der Waals surface area contributed by atoms with Crippen molar-refractivity contribution < 1.29 is 32.9 Å². The molecule has 0 fully saturated rings. The zero-order valence-corrected chi connectivity index (χ0v) is 28.3. The van der Waals surface area contributed by atoms with Gasteiger partial charge in [0.1, 0.15) is 12.4 Å². The van der Waals surface area contributed by atoms with E-state index < -0.39 is 12.0 Å². The van der Waals surface area contributed by atoms with Crippen molar-refractivity contribution in [3.05, 3.63) is 113 Å². The van der Waals surface area contributed by atoms with Gasteiger partial charge >= 0.3 is 5.97 Å². The van der Waals surface area contributed by atoms with Crippen molar-refractivity contribution in [3.8, 4) is 23.0 Å². The number of fused-ring (bicyclic) bond motifs is 1. The first-order chi connectivity index (χ1) is 22.2. The summed E-state index contributed by atoms with van der Waals surface area (Å²) in [5, 5.41) is 0. The average Bonchev–Trinajstić information content (AvgIpc) is 3.34. The van der Waals surface area contributed by atoms with Crippen LogP contribution in [0.15, 0.2) is 80.1 Å². The maximum absolute atomic E-state index is 14.1. The van der Waals surface area contributed by atoms with Crippen LogP contribution in [-0.2, 0) is 16.1 Å². The maximum atomic E-state index is 14.1. The molecule has 0 N–H and O–H groups in total. The predicted molar refractivity (Wildman–Crippen MR) is 176 cm³/mol. The van der Waals surface area contributed by atoms with Crippen LogP contribution >= 0.6 is 27.3 Å². The van der Waals surface area contributed by atoms with E-state index >= 15 is 0 Å². The second-order valence-corrected chi connectivity index (χ2v) is 11.9. The molecular weight excluding hydrogens is 679 g/mol. The summed E-state index contributed by atoms with van der Waals surface area (Å²) in [6.07, 6.45) is 1.75. The third-order valence-electron chi connectivity index (χ3n) is 7.19. The number of halogens is 2. The molecule has 1 aromatic heterocycles. The molecule has 0 bridgehead atoms. The van der Waals surface area contributed by atoms with Gasteiger partial charge in [-0.2, -0.15) is 0 Å². The number of carbonyl (C=O) groups is 1. The highest BCUT2D eigenvalue weighted by atomic mass is 79.9. The minimum absolute atomic E-state index is 0.158. The lowest BCUT2D eigenvalue weighted by molar-refractivity contribution is -0.139. The fourth-order valence-corrected chi connectivity index (χ4v) is 6.65. The van der Waals surface area contributed by atoms with Gasteiger partial charge < -0.3 is 23.7 Å². The van der Waals surface area contributed by atoms with Crippen LogP contribution in [0.25, 0.3) is 6.08 Å². The third kappa shape index (κ3) is 6.73. The Labute approximate surface area is 277 Å². The topological polar surface area (TPSA) is 97.6 Å². The van der Waals surface area contributed by atoms with Crippen LogP contribution in [0, 0.1) is 5.82 Å². The lowest BCUT2D eigenvalue weighted by Gasteiger charge is -2.26. The molecule has 3 aromatic carbocycles. The number of rotatable bonds is 11. The van der Waals surface area contributed by atoms with E-state index in [2.05, 4.69) is 20.9 Å². The van der Waals surface area contributed by atoms with Crippen molar-refractivity contribution in [2.75, 3.05) is 27.4 Å². The number of hydrogen-bond acceptors (Lipinski definition) is 9. The van der Waals surface area contributed by atoms with Crippen molar-refractivity contribution in [3.63, 3.8) is 0 Å².